The quantitative estimate of drug-likeness (QED) is 0.917. The van der Waals surface area contributed by atoms with E-state index in [1.54, 1.807) is 0 Å². The van der Waals surface area contributed by atoms with E-state index < -0.39 is 11.5 Å². The Kier molecular flexibility index (Phi) is 4.57. The number of allylic oxidation sites excluding steroid dienone is 3. The van der Waals surface area contributed by atoms with Crippen LogP contribution in [0, 0.1) is 39.9 Å². The standard InChI is InChI=1S/C22H16N4/c1-22(19-10-6-3-7-11-19)12-17(13-23)20(16-8-4-2-5-9-16)21(26-22)18(14-24)15-25/h2-12,18,26H,1H3. The van der Waals surface area contributed by atoms with Gasteiger partial charge in [0.05, 0.1) is 35.0 Å². The van der Waals surface area contributed by atoms with Crippen LogP contribution in [0.1, 0.15) is 18.1 Å². The van der Waals surface area contributed by atoms with E-state index in [0.29, 0.717) is 16.8 Å². The Morgan fingerprint density at radius 1 is 0.885 bits per heavy atom. The molecule has 0 aliphatic carbocycles. The van der Waals surface area contributed by atoms with Crippen LogP contribution in [0.4, 0.5) is 0 Å². The third-order valence-electron chi connectivity index (χ3n) is 4.47. The molecule has 0 saturated heterocycles. The van der Waals surface area contributed by atoms with Gasteiger partial charge in [0, 0.05) is 5.57 Å². The van der Waals surface area contributed by atoms with Crippen molar-refractivity contribution in [2.45, 2.75) is 12.5 Å². The highest BCUT2D eigenvalue weighted by Crippen LogP contribution is 2.38. The lowest BCUT2D eigenvalue weighted by atomic mass is 9.80. The smallest absolute Gasteiger partial charge is 0.173 e. The van der Waals surface area contributed by atoms with Crippen molar-refractivity contribution in [1.29, 1.82) is 15.8 Å². The summed E-state index contributed by atoms with van der Waals surface area (Å²) in [5.41, 5.74) is 2.58. The van der Waals surface area contributed by atoms with E-state index in [1.165, 1.54) is 0 Å². The fourth-order valence-corrected chi connectivity index (χ4v) is 3.20. The van der Waals surface area contributed by atoms with Crippen molar-refractivity contribution in [3.05, 3.63) is 89.1 Å². The number of dihydropyridines is 1. The lowest BCUT2D eigenvalue weighted by Gasteiger charge is -2.36. The Labute approximate surface area is 152 Å². The normalized spacial score (nSPS) is 19.0. The number of hydrogen-bond donors (Lipinski definition) is 1. The summed E-state index contributed by atoms with van der Waals surface area (Å²) in [7, 11) is 0. The van der Waals surface area contributed by atoms with Crippen LogP contribution < -0.4 is 5.32 Å². The minimum Gasteiger partial charge on any atom is -0.373 e. The maximum Gasteiger partial charge on any atom is 0.173 e. The summed E-state index contributed by atoms with van der Waals surface area (Å²) in [5, 5.41) is 32.2. The zero-order chi connectivity index (χ0) is 18.6. The van der Waals surface area contributed by atoms with E-state index in [9.17, 15) is 15.8 Å². The minimum atomic E-state index is -0.995. The summed E-state index contributed by atoms with van der Waals surface area (Å²) in [6.07, 6.45) is 1.86. The van der Waals surface area contributed by atoms with Gasteiger partial charge in [0.25, 0.3) is 0 Å². The van der Waals surface area contributed by atoms with E-state index in [2.05, 4.69) is 11.4 Å². The van der Waals surface area contributed by atoms with Crippen molar-refractivity contribution in [3.8, 4) is 18.2 Å². The van der Waals surface area contributed by atoms with Crippen LogP contribution in [0.2, 0.25) is 0 Å². The number of hydrogen-bond acceptors (Lipinski definition) is 4. The van der Waals surface area contributed by atoms with Crippen molar-refractivity contribution in [2.24, 2.45) is 5.92 Å². The van der Waals surface area contributed by atoms with E-state index >= 15 is 0 Å². The molecule has 1 aliphatic rings. The first kappa shape index (κ1) is 17.0. The average molecular weight is 336 g/mol. The fraction of sp³-hybridized carbons (Fsp3) is 0.136. The third-order valence-corrected chi connectivity index (χ3v) is 4.47. The first-order chi connectivity index (χ1) is 12.6. The summed E-state index contributed by atoms with van der Waals surface area (Å²) >= 11 is 0. The van der Waals surface area contributed by atoms with Gasteiger partial charge in [-0.15, -0.1) is 0 Å². The molecule has 0 spiro atoms. The number of nitriles is 3. The van der Waals surface area contributed by atoms with Crippen LogP contribution in [0.5, 0.6) is 0 Å². The van der Waals surface area contributed by atoms with Crippen molar-refractivity contribution in [3.63, 3.8) is 0 Å². The van der Waals surface area contributed by atoms with Crippen molar-refractivity contribution < 1.29 is 0 Å². The van der Waals surface area contributed by atoms with Gasteiger partial charge in [0.2, 0.25) is 0 Å². The average Bonchev–Trinajstić information content (AvgIpc) is 2.70. The zero-order valence-corrected chi connectivity index (χ0v) is 14.3. The van der Waals surface area contributed by atoms with Gasteiger partial charge in [-0.1, -0.05) is 60.7 Å². The Morgan fingerprint density at radius 3 is 2.00 bits per heavy atom. The van der Waals surface area contributed by atoms with E-state index in [4.69, 9.17) is 0 Å². The van der Waals surface area contributed by atoms with Gasteiger partial charge >= 0.3 is 0 Å². The molecule has 0 radical (unpaired) electrons. The minimum absolute atomic E-state index is 0.451. The van der Waals surface area contributed by atoms with Crippen molar-refractivity contribution in [2.75, 3.05) is 0 Å². The molecule has 1 unspecified atom stereocenters. The maximum absolute atomic E-state index is 9.80. The summed E-state index contributed by atoms with van der Waals surface area (Å²) < 4.78 is 0. The van der Waals surface area contributed by atoms with Gasteiger partial charge in [-0.2, -0.15) is 15.8 Å². The Balaban J connectivity index is 2.25. The van der Waals surface area contributed by atoms with Gasteiger partial charge in [-0.25, -0.2) is 0 Å². The van der Waals surface area contributed by atoms with Gasteiger partial charge in [-0.05, 0) is 24.1 Å². The second-order valence-electron chi connectivity index (χ2n) is 6.21. The van der Waals surface area contributed by atoms with Crippen molar-refractivity contribution >= 4 is 5.57 Å². The predicted octanol–water partition coefficient (Wildman–Crippen LogP) is 4.03. The van der Waals surface area contributed by atoms with Crippen LogP contribution in [-0.2, 0) is 5.54 Å². The molecule has 1 heterocycles. The zero-order valence-electron chi connectivity index (χ0n) is 14.3. The van der Waals surface area contributed by atoms with Crippen LogP contribution in [0.3, 0.4) is 0 Å². The second kappa shape index (κ2) is 6.98. The molecule has 0 amide bonds. The van der Waals surface area contributed by atoms with Crippen LogP contribution in [0.15, 0.2) is 78.0 Å². The molecular weight excluding hydrogens is 320 g/mol. The molecule has 0 saturated carbocycles. The van der Waals surface area contributed by atoms with Gasteiger partial charge in [0.1, 0.15) is 0 Å². The van der Waals surface area contributed by atoms with E-state index in [-0.39, 0.29) is 0 Å². The molecule has 4 heteroatoms. The Bertz CT molecular complexity index is 984. The fourth-order valence-electron chi connectivity index (χ4n) is 3.20. The molecule has 0 bridgehead atoms. The molecule has 0 aromatic heterocycles. The van der Waals surface area contributed by atoms with Crippen LogP contribution in [-0.4, -0.2) is 0 Å². The maximum atomic E-state index is 9.80. The molecule has 0 fully saturated rings. The molecule has 2 aromatic carbocycles. The van der Waals surface area contributed by atoms with E-state index in [0.717, 1.165) is 11.1 Å². The molecule has 1 atom stereocenters. The molecule has 3 rings (SSSR count). The van der Waals surface area contributed by atoms with Crippen molar-refractivity contribution in [1.82, 2.24) is 5.32 Å². The number of nitrogens with zero attached hydrogens (tertiary/aromatic N) is 3. The third kappa shape index (κ3) is 2.95. The highest BCUT2D eigenvalue weighted by Gasteiger charge is 2.35. The van der Waals surface area contributed by atoms with Gasteiger partial charge in [-0.3, -0.25) is 0 Å². The Morgan fingerprint density at radius 2 is 1.46 bits per heavy atom. The second-order valence-corrected chi connectivity index (χ2v) is 6.21. The number of rotatable bonds is 3. The number of benzene rings is 2. The highest BCUT2D eigenvalue weighted by molar-refractivity contribution is 5.87. The first-order valence-corrected chi connectivity index (χ1v) is 8.19. The SMILES string of the molecule is CC1(c2ccccc2)C=C(C#N)C(c2ccccc2)=C(C(C#N)C#N)N1. The molecule has 1 aliphatic heterocycles. The monoisotopic (exact) mass is 336 g/mol. The molecule has 4 nitrogen and oxygen atoms in total. The van der Waals surface area contributed by atoms with E-state index in [1.807, 2.05) is 85.8 Å². The van der Waals surface area contributed by atoms with Crippen LogP contribution in [0.25, 0.3) is 5.57 Å². The molecule has 26 heavy (non-hydrogen) atoms. The molecule has 2 aromatic rings. The van der Waals surface area contributed by atoms with Gasteiger partial charge < -0.3 is 5.32 Å². The predicted molar refractivity (Wildman–Crippen MR) is 98.7 cm³/mol. The molecule has 124 valence electrons. The summed E-state index contributed by atoms with van der Waals surface area (Å²) in [5.74, 6) is -0.995. The van der Waals surface area contributed by atoms with Crippen LogP contribution >= 0.6 is 0 Å². The Hall–Kier alpha value is -3.81. The summed E-state index contributed by atoms with van der Waals surface area (Å²) in [6, 6.07) is 25.4. The largest absolute Gasteiger partial charge is 0.373 e. The highest BCUT2D eigenvalue weighted by atomic mass is 15.0. The molecular formula is C22H16N4. The lowest BCUT2D eigenvalue weighted by Crippen LogP contribution is -2.42. The summed E-state index contributed by atoms with van der Waals surface area (Å²) in [4.78, 5) is 0. The number of nitrogens with one attached hydrogen (secondary N) is 1. The first-order valence-electron chi connectivity index (χ1n) is 8.19. The summed E-state index contributed by atoms with van der Waals surface area (Å²) in [6.45, 7) is 1.94. The lowest BCUT2D eigenvalue weighted by molar-refractivity contribution is 0.486. The topological polar surface area (TPSA) is 83.4 Å². The van der Waals surface area contributed by atoms with Gasteiger partial charge in [0.15, 0.2) is 5.92 Å². The molecule has 1 N–H and O–H groups in total.